The van der Waals surface area contributed by atoms with Crippen molar-refractivity contribution in [2.24, 2.45) is 12.2 Å². The van der Waals surface area contributed by atoms with E-state index in [2.05, 4.69) is 10.1 Å². The van der Waals surface area contributed by atoms with Crippen LogP contribution in [0.1, 0.15) is 0 Å². The van der Waals surface area contributed by atoms with Crippen LogP contribution in [0.4, 0.5) is 0 Å². The minimum atomic E-state index is -3.78. The molecule has 0 unspecified atom stereocenters. The van der Waals surface area contributed by atoms with Crippen LogP contribution in [0, 0.1) is 0 Å². The third-order valence-electron chi connectivity index (χ3n) is 3.58. The lowest BCUT2D eigenvalue weighted by Gasteiger charge is -2.06. The Morgan fingerprint density at radius 2 is 1.72 bits per heavy atom. The Balaban J connectivity index is 2.19. The van der Waals surface area contributed by atoms with Crippen LogP contribution in [0.25, 0.3) is 22.4 Å². The zero-order valence-corrected chi connectivity index (χ0v) is 14.0. The summed E-state index contributed by atoms with van der Waals surface area (Å²) in [7, 11) is -2.14. The van der Waals surface area contributed by atoms with Gasteiger partial charge in [-0.05, 0) is 29.8 Å². The molecule has 0 saturated heterocycles. The van der Waals surface area contributed by atoms with E-state index in [0.29, 0.717) is 23.3 Å². The fraction of sp³-hybridized carbons (Fsp3) is 0.0625. The number of hydrogen-bond acceptors (Lipinski definition) is 6. The van der Waals surface area contributed by atoms with Crippen molar-refractivity contribution in [2.75, 3.05) is 0 Å². The number of nitrogens with zero attached hydrogens (tertiary/aromatic N) is 3. The minimum absolute atomic E-state index is 0.00186. The Morgan fingerprint density at radius 1 is 1.08 bits per heavy atom. The van der Waals surface area contributed by atoms with Gasteiger partial charge in [-0.25, -0.2) is 18.2 Å². The summed E-state index contributed by atoms with van der Waals surface area (Å²) < 4.78 is 29.3. The van der Waals surface area contributed by atoms with E-state index in [9.17, 15) is 13.2 Å². The first-order chi connectivity index (χ1) is 11.9. The van der Waals surface area contributed by atoms with E-state index < -0.39 is 10.0 Å². The van der Waals surface area contributed by atoms with Crippen molar-refractivity contribution in [3.8, 4) is 28.3 Å². The summed E-state index contributed by atoms with van der Waals surface area (Å²) in [6.45, 7) is 0.329. The van der Waals surface area contributed by atoms with Gasteiger partial charge >= 0.3 is 0 Å². The summed E-state index contributed by atoms with van der Waals surface area (Å²) in [6, 6.07) is 9.51. The quantitative estimate of drug-likeness (QED) is 0.688. The van der Waals surface area contributed by atoms with E-state index in [-0.39, 0.29) is 10.8 Å². The van der Waals surface area contributed by atoms with Gasteiger partial charge in [0.25, 0.3) is 6.47 Å². The molecule has 3 aromatic rings. The number of carbonyl (C=O) groups excluding carboxylic acids is 1. The molecule has 3 rings (SSSR count). The maximum Gasteiger partial charge on any atom is 0.299 e. The third-order valence-corrected chi connectivity index (χ3v) is 4.51. The van der Waals surface area contributed by atoms with Gasteiger partial charge in [0.1, 0.15) is 5.69 Å². The molecule has 25 heavy (non-hydrogen) atoms. The van der Waals surface area contributed by atoms with Crippen molar-refractivity contribution in [2.45, 2.75) is 4.90 Å². The van der Waals surface area contributed by atoms with Crippen LogP contribution >= 0.6 is 0 Å². The highest BCUT2D eigenvalue weighted by Gasteiger charge is 2.21. The normalized spacial score (nSPS) is 11.3. The average molecular weight is 358 g/mol. The monoisotopic (exact) mass is 358 g/mol. The second kappa shape index (κ2) is 6.46. The van der Waals surface area contributed by atoms with E-state index in [1.54, 1.807) is 43.7 Å². The fourth-order valence-electron chi connectivity index (χ4n) is 2.47. The smallest absolute Gasteiger partial charge is 0.299 e. The van der Waals surface area contributed by atoms with E-state index in [0.717, 1.165) is 5.56 Å². The predicted octanol–water partition coefficient (Wildman–Crippen LogP) is 1.33. The van der Waals surface area contributed by atoms with Crippen molar-refractivity contribution in [1.82, 2.24) is 14.8 Å². The van der Waals surface area contributed by atoms with Crippen LogP contribution in [-0.2, 0) is 21.9 Å². The predicted molar refractivity (Wildman–Crippen MR) is 89.9 cm³/mol. The van der Waals surface area contributed by atoms with Gasteiger partial charge < -0.3 is 4.74 Å². The molecular weight excluding hydrogens is 344 g/mol. The summed E-state index contributed by atoms with van der Waals surface area (Å²) in [6.07, 6.45) is 3.22. The minimum Gasteiger partial charge on any atom is -0.409 e. The lowest BCUT2D eigenvalue weighted by molar-refractivity contribution is -0.121. The molecule has 1 aromatic carbocycles. The number of nitrogens with two attached hydrogens (primary N) is 1. The first-order valence-electron chi connectivity index (χ1n) is 7.12. The summed E-state index contributed by atoms with van der Waals surface area (Å²) >= 11 is 0. The van der Waals surface area contributed by atoms with Crippen molar-refractivity contribution in [3.63, 3.8) is 0 Å². The Labute approximate surface area is 143 Å². The van der Waals surface area contributed by atoms with Gasteiger partial charge in [0, 0.05) is 25.0 Å². The summed E-state index contributed by atoms with van der Waals surface area (Å²) in [5.74, 6) is 0.270. The molecule has 128 valence electrons. The maximum atomic E-state index is 11.4. The van der Waals surface area contributed by atoms with Crippen molar-refractivity contribution < 1.29 is 17.9 Å². The number of carbonyl (C=O) groups is 1. The van der Waals surface area contributed by atoms with Crippen molar-refractivity contribution in [1.29, 1.82) is 0 Å². The molecule has 2 aromatic heterocycles. The average Bonchev–Trinajstić information content (AvgIpc) is 2.92. The second-order valence-electron chi connectivity index (χ2n) is 5.17. The van der Waals surface area contributed by atoms with Crippen molar-refractivity contribution >= 4 is 16.5 Å². The van der Waals surface area contributed by atoms with E-state index in [1.807, 2.05) is 0 Å². The molecule has 0 aliphatic carbocycles. The summed E-state index contributed by atoms with van der Waals surface area (Å²) in [5, 5.41) is 9.52. The molecule has 0 aliphatic heterocycles. The number of pyridine rings is 1. The van der Waals surface area contributed by atoms with Gasteiger partial charge in [0.15, 0.2) is 0 Å². The number of aryl methyl sites for hydroxylation is 1. The van der Waals surface area contributed by atoms with Gasteiger partial charge in [-0.15, -0.1) is 0 Å². The number of primary sulfonamides is 1. The first kappa shape index (κ1) is 16.8. The molecule has 0 amide bonds. The number of hydrogen-bond donors (Lipinski definition) is 1. The van der Waals surface area contributed by atoms with Crippen LogP contribution in [0.5, 0.6) is 5.88 Å². The largest absolute Gasteiger partial charge is 0.409 e. The van der Waals surface area contributed by atoms with Gasteiger partial charge in [-0.2, -0.15) is 5.10 Å². The summed E-state index contributed by atoms with van der Waals surface area (Å²) in [5.41, 5.74) is 2.54. The Hall–Kier alpha value is -3.04. The number of benzene rings is 1. The zero-order chi connectivity index (χ0) is 18.0. The van der Waals surface area contributed by atoms with Gasteiger partial charge in [0.05, 0.1) is 10.5 Å². The van der Waals surface area contributed by atoms with Crippen LogP contribution in [0.3, 0.4) is 0 Å². The lowest BCUT2D eigenvalue weighted by Crippen LogP contribution is -2.11. The van der Waals surface area contributed by atoms with Crippen LogP contribution in [-0.4, -0.2) is 29.7 Å². The standard InChI is InChI=1S/C16H14N4O4S/c1-20-16(24-10-21)14(11-6-8-18-9-7-11)15(19-20)12-2-4-13(5-3-12)25(17,22)23/h2-10H,1H3,(H2,17,22,23). The molecule has 0 bridgehead atoms. The van der Waals surface area contributed by atoms with E-state index >= 15 is 0 Å². The highest BCUT2D eigenvalue weighted by atomic mass is 32.2. The first-order valence-corrected chi connectivity index (χ1v) is 8.67. The van der Waals surface area contributed by atoms with Crippen LogP contribution in [0.15, 0.2) is 53.7 Å². The number of sulfonamides is 1. The van der Waals surface area contributed by atoms with Gasteiger partial charge in [-0.3, -0.25) is 9.78 Å². The second-order valence-corrected chi connectivity index (χ2v) is 6.73. The van der Waals surface area contributed by atoms with E-state index in [4.69, 9.17) is 9.88 Å². The summed E-state index contributed by atoms with van der Waals surface area (Å²) in [4.78, 5) is 14.8. The highest BCUT2D eigenvalue weighted by molar-refractivity contribution is 7.89. The molecular formula is C16H14N4O4S. The molecule has 9 heteroatoms. The Bertz CT molecular complexity index is 1010. The highest BCUT2D eigenvalue weighted by Crippen LogP contribution is 2.38. The Kier molecular flexibility index (Phi) is 4.34. The molecule has 2 heterocycles. The molecule has 2 N–H and O–H groups in total. The topological polar surface area (TPSA) is 117 Å². The molecule has 0 spiro atoms. The molecule has 0 fully saturated rings. The Morgan fingerprint density at radius 3 is 2.28 bits per heavy atom. The lowest BCUT2D eigenvalue weighted by atomic mass is 10.0. The molecule has 8 nitrogen and oxygen atoms in total. The van der Waals surface area contributed by atoms with E-state index in [1.165, 1.54) is 16.8 Å². The van der Waals surface area contributed by atoms with Gasteiger partial charge in [-0.1, -0.05) is 12.1 Å². The number of aromatic nitrogens is 3. The maximum absolute atomic E-state index is 11.4. The SMILES string of the molecule is Cn1nc(-c2ccc(S(N)(=O)=O)cc2)c(-c2ccncc2)c1OC=O. The third kappa shape index (κ3) is 3.28. The fourth-order valence-corrected chi connectivity index (χ4v) is 2.99. The zero-order valence-electron chi connectivity index (χ0n) is 13.2. The van der Waals surface area contributed by atoms with Gasteiger partial charge in [0.2, 0.25) is 15.9 Å². The molecule has 0 radical (unpaired) electrons. The van der Waals surface area contributed by atoms with Crippen LogP contribution < -0.4 is 9.88 Å². The van der Waals surface area contributed by atoms with Crippen LogP contribution in [0.2, 0.25) is 0 Å². The molecule has 0 atom stereocenters. The number of ether oxygens (including phenoxy) is 1. The number of rotatable bonds is 5. The van der Waals surface area contributed by atoms with Crippen molar-refractivity contribution in [3.05, 3.63) is 48.8 Å². The molecule has 0 saturated carbocycles. The molecule has 0 aliphatic rings.